The molecule has 0 saturated carbocycles. The van der Waals surface area contributed by atoms with Gasteiger partial charge in [-0.1, -0.05) is 17.0 Å². The maximum atomic E-state index is 9.02. The largest absolute Gasteiger partial charge is 0.390 e. The van der Waals surface area contributed by atoms with Crippen molar-refractivity contribution in [2.24, 2.45) is 14.1 Å². The van der Waals surface area contributed by atoms with Gasteiger partial charge in [-0.2, -0.15) is 0 Å². The van der Waals surface area contributed by atoms with Gasteiger partial charge in [0.15, 0.2) is 5.16 Å². The zero-order chi connectivity index (χ0) is 11.5. The molecule has 0 atom stereocenters. The summed E-state index contributed by atoms with van der Waals surface area (Å²) in [7, 11) is 3.73. The Balaban J connectivity index is 2.02. The lowest BCUT2D eigenvalue weighted by molar-refractivity contribution is 0.271. The van der Waals surface area contributed by atoms with E-state index in [4.69, 9.17) is 5.11 Å². The van der Waals surface area contributed by atoms with E-state index < -0.39 is 0 Å². The third kappa shape index (κ3) is 2.25. The predicted molar refractivity (Wildman–Crippen MR) is 59.7 cm³/mol. The molecule has 0 aliphatic rings. The molecule has 16 heavy (non-hydrogen) atoms. The van der Waals surface area contributed by atoms with E-state index in [2.05, 4.69) is 15.3 Å². The number of aryl methyl sites for hydroxylation is 1. The molecule has 2 heterocycles. The highest BCUT2D eigenvalue weighted by Crippen LogP contribution is 2.20. The van der Waals surface area contributed by atoms with Gasteiger partial charge in [-0.3, -0.25) is 4.68 Å². The van der Waals surface area contributed by atoms with Crippen LogP contribution >= 0.6 is 11.8 Å². The Morgan fingerprint density at radius 2 is 2.25 bits per heavy atom. The van der Waals surface area contributed by atoms with Crippen LogP contribution in [0.3, 0.4) is 0 Å². The second kappa shape index (κ2) is 4.67. The molecule has 0 aromatic carbocycles. The van der Waals surface area contributed by atoms with Crippen molar-refractivity contribution >= 4 is 11.8 Å². The summed E-state index contributed by atoms with van der Waals surface area (Å²) >= 11 is 1.57. The average molecular weight is 239 g/mol. The van der Waals surface area contributed by atoms with Crippen molar-refractivity contribution in [1.82, 2.24) is 24.5 Å². The first-order valence-electron chi connectivity index (χ1n) is 4.80. The molecule has 0 bridgehead atoms. The topological polar surface area (TPSA) is 68.8 Å². The summed E-state index contributed by atoms with van der Waals surface area (Å²) in [6.07, 6.45) is 3.56. The second-order valence-corrected chi connectivity index (χ2v) is 4.36. The lowest BCUT2D eigenvalue weighted by atomic mass is 10.5. The maximum absolute atomic E-state index is 9.02. The van der Waals surface area contributed by atoms with Crippen LogP contribution in [-0.4, -0.2) is 29.7 Å². The first-order chi connectivity index (χ1) is 7.70. The molecule has 0 unspecified atom stereocenters. The van der Waals surface area contributed by atoms with Gasteiger partial charge in [-0.15, -0.1) is 5.10 Å². The number of aliphatic hydroxyl groups excluding tert-OH is 1. The molecule has 0 radical (unpaired) electrons. The van der Waals surface area contributed by atoms with E-state index >= 15 is 0 Å². The van der Waals surface area contributed by atoms with Gasteiger partial charge in [-0.05, 0) is 0 Å². The number of hydrogen-bond acceptors (Lipinski definition) is 5. The third-order valence-corrected chi connectivity index (χ3v) is 3.28. The van der Waals surface area contributed by atoms with Crippen LogP contribution in [0.4, 0.5) is 0 Å². The van der Waals surface area contributed by atoms with E-state index in [1.807, 2.05) is 24.9 Å². The Bertz CT molecular complexity index is 478. The molecule has 0 amide bonds. The van der Waals surface area contributed by atoms with Crippen LogP contribution < -0.4 is 0 Å². The number of aliphatic hydroxyl groups is 1. The molecule has 2 rings (SSSR count). The monoisotopic (exact) mass is 239 g/mol. The minimum Gasteiger partial charge on any atom is -0.390 e. The lowest BCUT2D eigenvalue weighted by Crippen LogP contribution is -1.97. The van der Waals surface area contributed by atoms with Gasteiger partial charge < -0.3 is 9.67 Å². The van der Waals surface area contributed by atoms with Crippen LogP contribution in [0, 0.1) is 0 Å². The highest BCUT2D eigenvalue weighted by molar-refractivity contribution is 7.98. The number of rotatable bonds is 4. The number of aromatic nitrogens is 5. The van der Waals surface area contributed by atoms with Crippen molar-refractivity contribution in [1.29, 1.82) is 0 Å². The van der Waals surface area contributed by atoms with Gasteiger partial charge in [0.05, 0.1) is 24.2 Å². The molecule has 1 N–H and O–H groups in total. The smallest absolute Gasteiger partial charge is 0.168 e. The van der Waals surface area contributed by atoms with Crippen molar-refractivity contribution in [3.63, 3.8) is 0 Å². The van der Waals surface area contributed by atoms with Gasteiger partial charge in [0.25, 0.3) is 0 Å². The third-order valence-electron chi connectivity index (χ3n) is 2.20. The highest BCUT2D eigenvalue weighted by atomic mass is 32.2. The quantitative estimate of drug-likeness (QED) is 0.779. The normalized spacial score (nSPS) is 10.9. The van der Waals surface area contributed by atoms with E-state index in [0.717, 1.165) is 22.3 Å². The van der Waals surface area contributed by atoms with Crippen LogP contribution in [0.5, 0.6) is 0 Å². The Labute approximate surface area is 97.3 Å². The number of imidazole rings is 1. The first-order valence-corrected chi connectivity index (χ1v) is 5.78. The van der Waals surface area contributed by atoms with Gasteiger partial charge in [0.1, 0.15) is 0 Å². The number of nitrogens with zero attached hydrogens (tertiary/aromatic N) is 5. The molecule has 0 saturated heterocycles. The van der Waals surface area contributed by atoms with Crippen molar-refractivity contribution in [2.45, 2.75) is 17.5 Å². The Morgan fingerprint density at radius 1 is 1.44 bits per heavy atom. The zero-order valence-corrected chi connectivity index (χ0v) is 9.98. The molecule has 0 aliphatic heterocycles. The standard InChI is InChI=1S/C9H13N5OS/c1-13-4-7(11-12-13)6-16-9-10-3-8(5-15)14(9)2/h3-4,15H,5-6H2,1-2H3. The van der Waals surface area contributed by atoms with Crippen LogP contribution in [0.1, 0.15) is 11.4 Å². The maximum Gasteiger partial charge on any atom is 0.168 e. The van der Waals surface area contributed by atoms with Gasteiger partial charge >= 0.3 is 0 Å². The van der Waals surface area contributed by atoms with Crippen LogP contribution in [0.2, 0.25) is 0 Å². The fraction of sp³-hybridized carbons (Fsp3) is 0.444. The molecule has 86 valence electrons. The summed E-state index contributed by atoms with van der Waals surface area (Å²) in [5.41, 5.74) is 1.72. The lowest BCUT2D eigenvalue weighted by Gasteiger charge is -2.01. The van der Waals surface area contributed by atoms with Gasteiger partial charge in [-0.25, -0.2) is 4.98 Å². The van der Waals surface area contributed by atoms with Crippen molar-refractivity contribution in [2.75, 3.05) is 0 Å². The van der Waals surface area contributed by atoms with E-state index in [-0.39, 0.29) is 6.61 Å². The van der Waals surface area contributed by atoms with E-state index in [1.54, 1.807) is 22.6 Å². The minimum atomic E-state index is 0.00913. The van der Waals surface area contributed by atoms with Gasteiger partial charge in [0, 0.05) is 26.0 Å². The molecule has 0 fully saturated rings. The first kappa shape index (κ1) is 11.2. The zero-order valence-electron chi connectivity index (χ0n) is 9.16. The molecule has 0 spiro atoms. The molecule has 2 aromatic rings. The highest BCUT2D eigenvalue weighted by Gasteiger charge is 2.07. The van der Waals surface area contributed by atoms with Crippen LogP contribution in [-0.2, 0) is 26.5 Å². The number of thioether (sulfide) groups is 1. The van der Waals surface area contributed by atoms with Crippen molar-refractivity contribution in [3.05, 3.63) is 23.8 Å². The molecular weight excluding hydrogens is 226 g/mol. The van der Waals surface area contributed by atoms with Gasteiger partial charge in [0.2, 0.25) is 0 Å². The average Bonchev–Trinajstić information content (AvgIpc) is 2.83. The Kier molecular flexibility index (Phi) is 3.25. The second-order valence-electron chi connectivity index (χ2n) is 3.42. The summed E-state index contributed by atoms with van der Waals surface area (Å²) in [5.74, 6) is 0.726. The predicted octanol–water partition coefficient (Wildman–Crippen LogP) is 0.333. The van der Waals surface area contributed by atoms with E-state index in [1.165, 1.54) is 0 Å². The molecule has 2 aromatic heterocycles. The SMILES string of the molecule is Cn1cc(CSc2ncc(CO)n2C)nn1. The number of hydrogen-bond donors (Lipinski definition) is 1. The van der Waals surface area contributed by atoms with Crippen LogP contribution in [0.25, 0.3) is 0 Å². The van der Waals surface area contributed by atoms with E-state index in [9.17, 15) is 0 Å². The summed E-state index contributed by atoms with van der Waals surface area (Å²) in [6, 6.07) is 0. The van der Waals surface area contributed by atoms with Crippen molar-refractivity contribution in [3.8, 4) is 0 Å². The Hall–Kier alpha value is -1.34. The van der Waals surface area contributed by atoms with Crippen LogP contribution in [0.15, 0.2) is 17.6 Å². The molecule has 0 aliphatic carbocycles. The summed E-state index contributed by atoms with van der Waals surface area (Å²) in [6.45, 7) is 0.00913. The fourth-order valence-corrected chi connectivity index (χ4v) is 2.15. The Morgan fingerprint density at radius 3 is 2.81 bits per heavy atom. The molecular formula is C9H13N5OS. The molecule has 6 nitrogen and oxygen atoms in total. The summed E-state index contributed by atoms with van der Waals surface area (Å²) < 4.78 is 3.55. The van der Waals surface area contributed by atoms with E-state index in [0.29, 0.717) is 0 Å². The fourth-order valence-electron chi connectivity index (χ4n) is 1.31. The minimum absolute atomic E-state index is 0.00913. The summed E-state index contributed by atoms with van der Waals surface area (Å²) in [5, 5.41) is 17.7. The van der Waals surface area contributed by atoms with Crippen molar-refractivity contribution < 1.29 is 5.11 Å². The molecule has 7 heteroatoms. The summed E-state index contributed by atoms with van der Waals surface area (Å²) in [4.78, 5) is 4.22.